The molecule has 0 N–H and O–H groups in total. The van der Waals surface area contributed by atoms with Gasteiger partial charge in [-0.2, -0.15) is 0 Å². The lowest BCUT2D eigenvalue weighted by Crippen LogP contribution is -2.15. The minimum absolute atomic E-state index is 0.166. The zero-order chi connectivity index (χ0) is 29.8. The Morgan fingerprint density at radius 2 is 0.786 bits per heavy atom. The van der Waals surface area contributed by atoms with Gasteiger partial charge in [0.2, 0.25) is 0 Å². The SMILES string of the molecule is C=CC(=O)OCCOCCOCCOc1c(OCCOCCOCCOC(=O)C=C)c2ccccc2c2ccccc12. The summed E-state index contributed by atoms with van der Waals surface area (Å²) in [5.74, 6) is 0.336. The van der Waals surface area contributed by atoms with Crippen molar-refractivity contribution in [3.05, 3.63) is 73.8 Å². The second kappa shape index (κ2) is 19.2. The van der Waals surface area contributed by atoms with Crippen LogP contribution in [0.5, 0.6) is 11.5 Å². The Hall–Kier alpha value is -3.96. The van der Waals surface area contributed by atoms with Crippen LogP contribution in [0.2, 0.25) is 0 Å². The first-order chi connectivity index (χ1) is 20.7. The van der Waals surface area contributed by atoms with Crippen LogP contribution in [-0.2, 0) is 38.0 Å². The molecule has 3 aromatic carbocycles. The van der Waals surface area contributed by atoms with Crippen molar-refractivity contribution in [2.24, 2.45) is 0 Å². The molecular weight excluding hydrogens is 544 g/mol. The Morgan fingerprint density at radius 3 is 1.14 bits per heavy atom. The monoisotopic (exact) mass is 582 g/mol. The van der Waals surface area contributed by atoms with Crippen LogP contribution in [0.25, 0.3) is 21.5 Å². The van der Waals surface area contributed by atoms with E-state index in [1.54, 1.807) is 0 Å². The topological polar surface area (TPSA) is 108 Å². The first kappa shape index (κ1) is 32.6. The third-order valence-corrected chi connectivity index (χ3v) is 5.81. The van der Waals surface area contributed by atoms with Crippen LogP contribution in [0.4, 0.5) is 0 Å². The highest BCUT2D eigenvalue weighted by Gasteiger charge is 2.17. The lowest BCUT2D eigenvalue weighted by atomic mass is 10.00. The van der Waals surface area contributed by atoms with E-state index in [9.17, 15) is 9.59 Å². The lowest BCUT2D eigenvalue weighted by Gasteiger charge is -2.18. The van der Waals surface area contributed by atoms with E-state index in [1.165, 1.54) is 0 Å². The quantitative estimate of drug-likeness (QED) is 0.0737. The zero-order valence-corrected chi connectivity index (χ0v) is 23.8. The van der Waals surface area contributed by atoms with Crippen molar-refractivity contribution in [1.82, 2.24) is 0 Å². The van der Waals surface area contributed by atoms with Crippen molar-refractivity contribution < 1.29 is 47.5 Å². The number of hydrogen-bond donors (Lipinski definition) is 0. The van der Waals surface area contributed by atoms with E-state index >= 15 is 0 Å². The number of esters is 2. The molecule has 42 heavy (non-hydrogen) atoms. The molecule has 0 bridgehead atoms. The molecule has 10 nitrogen and oxygen atoms in total. The maximum absolute atomic E-state index is 11.0. The maximum Gasteiger partial charge on any atom is 0.330 e. The summed E-state index contributed by atoms with van der Waals surface area (Å²) in [5.41, 5.74) is 0. The van der Waals surface area contributed by atoms with Gasteiger partial charge in [0.15, 0.2) is 11.5 Å². The molecule has 0 fully saturated rings. The average Bonchev–Trinajstić information content (AvgIpc) is 3.03. The van der Waals surface area contributed by atoms with Gasteiger partial charge in [0.1, 0.15) is 26.4 Å². The van der Waals surface area contributed by atoms with Crippen molar-refractivity contribution >= 4 is 33.5 Å². The standard InChI is InChI=1S/C32H38O10/c1-3-29(33)39-21-17-35-13-15-37-19-23-41-31-27-11-7-5-9-25(27)26-10-6-8-12-28(26)32(31)42-24-20-38-16-14-36-18-22-40-30(34)4-2/h3-12H,1-2,13-24H2. The molecular formula is C32H38O10. The Balaban J connectivity index is 1.49. The Labute approximate surface area is 245 Å². The number of fused-ring (bicyclic) bond motifs is 3. The summed E-state index contributed by atoms with van der Waals surface area (Å²) in [4.78, 5) is 22.0. The molecule has 10 heteroatoms. The molecule has 0 saturated carbocycles. The van der Waals surface area contributed by atoms with Crippen LogP contribution in [-0.4, -0.2) is 91.2 Å². The number of rotatable bonds is 22. The van der Waals surface area contributed by atoms with Gasteiger partial charge in [0.25, 0.3) is 0 Å². The molecule has 0 atom stereocenters. The van der Waals surface area contributed by atoms with Gasteiger partial charge in [0, 0.05) is 22.9 Å². The van der Waals surface area contributed by atoms with Gasteiger partial charge in [-0.25, -0.2) is 9.59 Å². The molecule has 0 amide bonds. The molecule has 3 rings (SSSR count). The van der Waals surface area contributed by atoms with E-state index in [0.717, 1.165) is 33.7 Å². The molecule has 0 spiro atoms. The highest BCUT2D eigenvalue weighted by molar-refractivity contribution is 6.13. The van der Waals surface area contributed by atoms with Crippen LogP contribution < -0.4 is 9.47 Å². The molecule has 0 heterocycles. The largest absolute Gasteiger partial charge is 0.487 e. The van der Waals surface area contributed by atoms with Crippen molar-refractivity contribution in [3.8, 4) is 11.5 Å². The highest BCUT2D eigenvalue weighted by Crippen LogP contribution is 2.43. The Kier molecular flexibility index (Phi) is 14.9. The fourth-order valence-electron chi connectivity index (χ4n) is 3.93. The number of ether oxygens (including phenoxy) is 8. The van der Waals surface area contributed by atoms with Crippen LogP contribution in [0, 0.1) is 0 Å². The van der Waals surface area contributed by atoms with E-state index in [2.05, 4.69) is 25.3 Å². The molecule has 0 unspecified atom stereocenters. The fraction of sp³-hybridized carbons (Fsp3) is 0.375. The number of carbonyl (C=O) groups excluding carboxylic acids is 2. The van der Waals surface area contributed by atoms with Gasteiger partial charge in [-0.3, -0.25) is 0 Å². The van der Waals surface area contributed by atoms with Gasteiger partial charge < -0.3 is 37.9 Å². The third kappa shape index (κ3) is 10.8. The smallest absolute Gasteiger partial charge is 0.330 e. The van der Waals surface area contributed by atoms with Crippen molar-refractivity contribution in [2.45, 2.75) is 0 Å². The van der Waals surface area contributed by atoms with Crippen LogP contribution >= 0.6 is 0 Å². The van der Waals surface area contributed by atoms with Gasteiger partial charge in [-0.05, 0) is 10.8 Å². The van der Waals surface area contributed by atoms with E-state index in [4.69, 9.17) is 37.9 Å². The minimum Gasteiger partial charge on any atom is -0.487 e. The fourth-order valence-corrected chi connectivity index (χ4v) is 3.93. The molecule has 0 aliphatic rings. The van der Waals surface area contributed by atoms with E-state index in [0.29, 0.717) is 64.4 Å². The average molecular weight is 583 g/mol. The predicted octanol–water partition coefficient (Wildman–Crippen LogP) is 4.28. The normalized spacial score (nSPS) is 10.9. The Bertz CT molecular complexity index is 1190. The molecule has 0 radical (unpaired) electrons. The molecule has 0 aliphatic heterocycles. The summed E-state index contributed by atoms with van der Waals surface area (Å²) < 4.78 is 44.3. The second-order valence-electron chi connectivity index (χ2n) is 8.64. The minimum atomic E-state index is -0.476. The summed E-state index contributed by atoms with van der Waals surface area (Å²) in [5, 5.41) is 4.01. The van der Waals surface area contributed by atoms with E-state index in [-0.39, 0.29) is 26.4 Å². The summed E-state index contributed by atoms with van der Waals surface area (Å²) in [6.07, 6.45) is 2.22. The van der Waals surface area contributed by atoms with Crippen molar-refractivity contribution in [1.29, 1.82) is 0 Å². The van der Waals surface area contributed by atoms with Gasteiger partial charge >= 0.3 is 11.9 Å². The zero-order valence-electron chi connectivity index (χ0n) is 23.8. The second-order valence-corrected chi connectivity index (χ2v) is 8.64. The van der Waals surface area contributed by atoms with Crippen LogP contribution in [0.3, 0.4) is 0 Å². The number of hydrogen-bond acceptors (Lipinski definition) is 10. The third-order valence-electron chi connectivity index (χ3n) is 5.81. The number of benzene rings is 3. The molecule has 0 aliphatic carbocycles. The summed E-state index contributed by atoms with van der Waals surface area (Å²) in [7, 11) is 0. The van der Waals surface area contributed by atoms with Gasteiger partial charge in [-0.15, -0.1) is 0 Å². The summed E-state index contributed by atoms with van der Waals surface area (Å²) in [6.45, 7) is 10.4. The summed E-state index contributed by atoms with van der Waals surface area (Å²) in [6, 6.07) is 16.1. The lowest BCUT2D eigenvalue weighted by molar-refractivity contribution is -0.140. The van der Waals surface area contributed by atoms with Crippen molar-refractivity contribution in [3.63, 3.8) is 0 Å². The molecule has 3 aromatic rings. The van der Waals surface area contributed by atoms with Gasteiger partial charge in [0.05, 0.1) is 52.9 Å². The van der Waals surface area contributed by atoms with Gasteiger partial charge in [-0.1, -0.05) is 61.7 Å². The maximum atomic E-state index is 11.0. The molecule has 226 valence electrons. The van der Waals surface area contributed by atoms with Crippen molar-refractivity contribution in [2.75, 3.05) is 79.3 Å². The van der Waals surface area contributed by atoms with E-state index in [1.807, 2.05) is 36.4 Å². The van der Waals surface area contributed by atoms with Crippen LogP contribution in [0.1, 0.15) is 0 Å². The molecule has 0 saturated heterocycles. The Morgan fingerprint density at radius 1 is 0.476 bits per heavy atom. The summed E-state index contributed by atoms with van der Waals surface area (Å²) >= 11 is 0. The van der Waals surface area contributed by atoms with Crippen LogP contribution in [0.15, 0.2) is 73.8 Å². The predicted molar refractivity (Wildman–Crippen MR) is 158 cm³/mol. The van der Waals surface area contributed by atoms with E-state index < -0.39 is 11.9 Å². The first-order valence-corrected chi connectivity index (χ1v) is 13.7. The highest BCUT2D eigenvalue weighted by atomic mass is 16.6. The first-order valence-electron chi connectivity index (χ1n) is 13.7. The number of carbonyl (C=O) groups is 2. The molecule has 0 aromatic heterocycles.